The van der Waals surface area contributed by atoms with E-state index in [2.05, 4.69) is 28.6 Å². The second-order valence-corrected chi connectivity index (χ2v) is 6.21. The molecule has 6 nitrogen and oxygen atoms in total. The number of hydrogen-bond acceptors (Lipinski definition) is 4. The summed E-state index contributed by atoms with van der Waals surface area (Å²) in [7, 11) is 1.79. The third kappa shape index (κ3) is 3.57. The summed E-state index contributed by atoms with van der Waals surface area (Å²) in [6.45, 7) is 2.66. The Labute approximate surface area is 138 Å². The van der Waals surface area contributed by atoms with Crippen molar-refractivity contribution in [2.75, 3.05) is 12.4 Å². The van der Waals surface area contributed by atoms with E-state index >= 15 is 0 Å². The number of aryl methyl sites for hydroxylation is 1. The third-order valence-electron chi connectivity index (χ3n) is 3.50. The van der Waals surface area contributed by atoms with Gasteiger partial charge in [-0.1, -0.05) is 5.21 Å². The molecule has 0 fully saturated rings. The first-order chi connectivity index (χ1) is 11.1. The van der Waals surface area contributed by atoms with E-state index in [4.69, 9.17) is 0 Å². The van der Waals surface area contributed by atoms with Gasteiger partial charge in [-0.15, -0.1) is 16.4 Å². The Balaban J connectivity index is 1.62. The highest BCUT2D eigenvalue weighted by atomic mass is 32.1. The SMILES string of the molecule is Cc1ccsc1CN(C)C(=O)Nc1ccc(-n2ccnn2)cc1. The van der Waals surface area contributed by atoms with Crippen LogP contribution in [0.5, 0.6) is 0 Å². The summed E-state index contributed by atoms with van der Waals surface area (Å²) in [4.78, 5) is 15.1. The number of rotatable bonds is 4. The van der Waals surface area contributed by atoms with E-state index in [0.29, 0.717) is 6.54 Å². The van der Waals surface area contributed by atoms with Gasteiger partial charge in [-0.2, -0.15) is 0 Å². The van der Waals surface area contributed by atoms with E-state index in [-0.39, 0.29) is 6.03 Å². The first kappa shape index (κ1) is 15.2. The minimum absolute atomic E-state index is 0.133. The monoisotopic (exact) mass is 327 g/mol. The van der Waals surface area contributed by atoms with Crippen LogP contribution in [0.15, 0.2) is 48.1 Å². The van der Waals surface area contributed by atoms with Crippen molar-refractivity contribution in [1.29, 1.82) is 0 Å². The molecule has 7 heteroatoms. The Morgan fingerprint density at radius 2 is 2.09 bits per heavy atom. The highest BCUT2D eigenvalue weighted by Crippen LogP contribution is 2.18. The van der Waals surface area contributed by atoms with Gasteiger partial charge < -0.3 is 10.2 Å². The maximum atomic E-state index is 12.3. The van der Waals surface area contributed by atoms with Gasteiger partial charge in [-0.25, -0.2) is 9.48 Å². The van der Waals surface area contributed by atoms with Crippen molar-refractivity contribution in [1.82, 2.24) is 19.9 Å². The number of urea groups is 1. The Kier molecular flexibility index (Phi) is 4.38. The van der Waals surface area contributed by atoms with E-state index in [9.17, 15) is 4.79 Å². The van der Waals surface area contributed by atoms with Gasteiger partial charge in [0.05, 0.1) is 24.6 Å². The van der Waals surface area contributed by atoms with Crippen molar-refractivity contribution < 1.29 is 4.79 Å². The van der Waals surface area contributed by atoms with Gasteiger partial charge in [0.25, 0.3) is 0 Å². The molecular formula is C16H17N5OS. The maximum Gasteiger partial charge on any atom is 0.321 e. The van der Waals surface area contributed by atoms with Crippen molar-refractivity contribution in [2.45, 2.75) is 13.5 Å². The predicted octanol–water partition coefficient (Wildman–Crippen LogP) is 3.30. The lowest BCUT2D eigenvalue weighted by Crippen LogP contribution is -2.30. The summed E-state index contributed by atoms with van der Waals surface area (Å²) >= 11 is 1.66. The van der Waals surface area contributed by atoms with E-state index in [1.807, 2.05) is 29.6 Å². The number of amides is 2. The van der Waals surface area contributed by atoms with Gasteiger partial charge in [-0.3, -0.25) is 0 Å². The molecule has 0 aliphatic carbocycles. The second kappa shape index (κ2) is 6.62. The number of nitrogens with one attached hydrogen (secondary N) is 1. The van der Waals surface area contributed by atoms with Crippen molar-refractivity contribution in [2.24, 2.45) is 0 Å². The van der Waals surface area contributed by atoms with Crippen LogP contribution in [0.25, 0.3) is 5.69 Å². The predicted molar refractivity (Wildman–Crippen MR) is 90.9 cm³/mol. The molecule has 0 saturated heterocycles. The zero-order valence-electron chi connectivity index (χ0n) is 12.9. The summed E-state index contributed by atoms with van der Waals surface area (Å²) in [5.74, 6) is 0. The number of nitrogens with zero attached hydrogens (tertiary/aromatic N) is 4. The third-order valence-corrected chi connectivity index (χ3v) is 4.51. The first-order valence-corrected chi connectivity index (χ1v) is 8.03. The lowest BCUT2D eigenvalue weighted by Gasteiger charge is -2.18. The number of hydrogen-bond donors (Lipinski definition) is 1. The van der Waals surface area contributed by atoms with Crippen molar-refractivity contribution in [3.8, 4) is 5.69 Å². The van der Waals surface area contributed by atoms with E-state index < -0.39 is 0 Å². The van der Waals surface area contributed by atoms with Crippen LogP contribution < -0.4 is 5.32 Å². The summed E-state index contributed by atoms with van der Waals surface area (Å²) in [5.41, 5.74) is 2.85. The zero-order chi connectivity index (χ0) is 16.2. The molecule has 3 aromatic rings. The summed E-state index contributed by atoms with van der Waals surface area (Å²) in [6.07, 6.45) is 3.39. The van der Waals surface area contributed by atoms with Gasteiger partial charge in [-0.05, 0) is 48.2 Å². The normalized spacial score (nSPS) is 10.5. The second-order valence-electron chi connectivity index (χ2n) is 5.21. The van der Waals surface area contributed by atoms with Crippen LogP contribution in [-0.4, -0.2) is 33.0 Å². The number of aromatic nitrogens is 3. The zero-order valence-corrected chi connectivity index (χ0v) is 13.7. The molecule has 2 aromatic heterocycles. The molecule has 0 saturated carbocycles. The molecule has 23 heavy (non-hydrogen) atoms. The summed E-state index contributed by atoms with van der Waals surface area (Å²) in [6, 6.07) is 9.39. The van der Waals surface area contributed by atoms with Crippen molar-refractivity contribution in [3.63, 3.8) is 0 Å². The smallest absolute Gasteiger partial charge is 0.321 e. The molecule has 2 amide bonds. The standard InChI is InChI=1S/C16H17N5OS/c1-12-7-10-23-15(12)11-20(2)16(22)18-13-3-5-14(6-4-13)21-9-8-17-19-21/h3-10H,11H2,1-2H3,(H,18,22). The molecule has 0 aliphatic rings. The number of anilines is 1. The quantitative estimate of drug-likeness (QED) is 0.799. The molecule has 0 radical (unpaired) electrons. The molecule has 1 N–H and O–H groups in total. The Bertz CT molecular complexity index is 779. The highest BCUT2D eigenvalue weighted by molar-refractivity contribution is 7.10. The van der Waals surface area contributed by atoms with Crippen LogP contribution in [0.2, 0.25) is 0 Å². The van der Waals surface area contributed by atoms with E-state index in [0.717, 1.165) is 11.4 Å². The average molecular weight is 327 g/mol. The molecule has 0 spiro atoms. The number of carbonyl (C=O) groups excluding carboxylic acids is 1. The fourth-order valence-electron chi connectivity index (χ4n) is 2.12. The Hall–Kier alpha value is -2.67. The van der Waals surface area contributed by atoms with Crippen LogP contribution in [0.3, 0.4) is 0 Å². The van der Waals surface area contributed by atoms with Crippen molar-refractivity contribution in [3.05, 3.63) is 58.5 Å². The molecule has 118 valence electrons. The van der Waals surface area contributed by atoms with Crippen LogP contribution in [0.4, 0.5) is 10.5 Å². The molecule has 2 heterocycles. The van der Waals surface area contributed by atoms with Crippen LogP contribution >= 0.6 is 11.3 Å². The minimum Gasteiger partial charge on any atom is -0.322 e. The number of benzene rings is 1. The summed E-state index contributed by atoms with van der Waals surface area (Å²) in [5, 5.41) is 12.6. The molecule has 0 unspecified atom stereocenters. The van der Waals surface area contributed by atoms with Gasteiger partial charge in [0.1, 0.15) is 0 Å². The van der Waals surface area contributed by atoms with Gasteiger partial charge in [0, 0.05) is 17.6 Å². The number of carbonyl (C=O) groups is 1. The largest absolute Gasteiger partial charge is 0.322 e. The van der Waals surface area contributed by atoms with Gasteiger partial charge >= 0.3 is 6.03 Å². The topological polar surface area (TPSA) is 63.1 Å². The molecule has 3 rings (SSSR count). The lowest BCUT2D eigenvalue weighted by atomic mass is 10.3. The average Bonchev–Trinajstić information content (AvgIpc) is 3.21. The Morgan fingerprint density at radius 1 is 1.30 bits per heavy atom. The lowest BCUT2D eigenvalue weighted by molar-refractivity contribution is 0.221. The maximum absolute atomic E-state index is 12.3. The molecule has 0 aliphatic heterocycles. The number of thiophene rings is 1. The minimum atomic E-state index is -0.133. The van der Waals surface area contributed by atoms with Crippen LogP contribution in [0, 0.1) is 6.92 Å². The van der Waals surface area contributed by atoms with Gasteiger partial charge in [0.15, 0.2) is 0 Å². The van der Waals surface area contributed by atoms with E-state index in [1.54, 1.807) is 40.4 Å². The first-order valence-electron chi connectivity index (χ1n) is 7.15. The van der Waals surface area contributed by atoms with Gasteiger partial charge in [0.2, 0.25) is 0 Å². The fraction of sp³-hybridized carbons (Fsp3) is 0.188. The highest BCUT2D eigenvalue weighted by Gasteiger charge is 2.11. The molecule has 0 atom stereocenters. The fourth-order valence-corrected chi connectivity index (χ4v) is 3.07. The van der Waals surface area contributed by atoms with Crippen LogP contribution in [0.1, 0.15) is 10.4 Å². The molecule has 0 bridgehead atoms. The summed E-state index contributed by atoms with van der Waals surface area (Å²) < 4.78 is 1.66. The molecular weight excluding hydrogens is 310 g/mol. The van der Waals surface area contributed by atoms with Crippen LogP contribution in [-0.2, 0) is 6.54 Å². The van der Waals surface area contributed by atoms with Crippen molar-refractivity contribution >= 4 is 23.1 Å². The van der Waals surface area contributed by atoms with E-state index in [1.165, 1.54) is 10.4 Å². The Morgan fingerprint density at radius 3 is 2.70 bits per heavy atom. The molecule has 1 aromatic carbocycles.